The predicted molar refractivity (Wildman–Crippen MR) is 79.8 cm³/mol. The molecule has 112 valence electrons. The number of aliphatic hydroxyl groups is 1. The number of nitrogens with zero attached hydrogens (tertiary/aromatic N) is 3. The van der Waals surface area contributed by atoms with E-state index in [2.05, 4.69) is 21.7 Å². The molecule has 2 aromatic rings. The van der Waals surface area contributed by atoms with E-state index in [0.29, 0.717) is 17.2 Å². The van der Waals surface area contributed by atoms with Crippen molar-refractivity contribution in [3.63, 3.8) is 0 Å². The highest BCUT2D eigenvalue weighted by atomic mass is 32.2. The number of benzene rings is 1. The third-order valence-corrected chi connectivity index (χ3v) is 4.68. The van der Waals surface area contributed by atoms with Gasteiger partial charge in [0.2, 0.25) is 0 Å². The Morgan fingerprint density at radius 1 is 1.38 bits per heavy atom. The Balaban J connectivity index is 1.69. The monoisotopic (exact) mass is 307 g/mol. The third-order valence-electron chi connectivity index (χ3n) is 3.64. The normalized spacial score (nSPS) is 16.1. The first kappa shape index (κ1) is 14.5. The van der Waals surface area contributed by atoms with Crippen LogP contribution in [0.15, 0.2) is 29.4 Å². The van der Waals surface area contributed by atoms with Gasteiger partial charge in [0.25, 0.3) is 0 Å². The molecule has 3 rings (SSSR count). The Labute approximate surface area is 127 Å². The van der Waals surface area contributed by atoms with Gasteiger partial charge in [-0.05, 0) is 25.8 Å². The number of halogens is 1. The number of hydrogen-bond donors (Lipinski definition) is 1. The molecule has 0 bridgehead atoms. The number of thioether (sulfide) groups is 1. The summed E-state index contributed by atoms with van der Waals surface area (Å²) in [5, 5.41) is 19.4. The van der Waals surface area contributed by atoms with E-state index in [-0.39, 0.29) is 5.82 Å². The van der Waals surface area contributed by atoms with E-state index in [1.54, 1.807) is 18.2 Å². The summed E-state index contributed by atoms with van der Waals surface area (Å²) in [5.41, 5.74) is 0.329. The van der Waals surface area contributed by atoms with E-state index in [1.165, 1.54) is 30.7 Å². The van der Waals surface area contributed by atoms with E-state index in [9.17, 15) is 9.50 Å². The first-order valence-electron chi connectivity index (χ1n) is 7.19. The van der Waals surface area contributed by atoms with Crippen molar-refractivity contribution < 1.29 is 9.50 Å². The van der Waals surface area contributed by atoms with E-state index in [0.717, 1.165) is 17.5 Å². The van der Waals surface area contributed by atoms with Gasteiger partial charge in [0.05, 0.1) is 6.10 Å². The Hall–Kier alpha value is -1.40. The minimum atomic E-state index is -0.845. The van der Waals surface area contributed by atoms with Crippen LogP contribution in [-0.2, 0) is 6.54 Å². The summed E-state index contributed by atoms with van der Waals surface area (Å²) in [6.07, 6.45) is 1.52. The van der Waals surface area contributed by atoms with Gasteiger partial charge < -0.3 is 9.67 Å². The molecule has 0 saturated heterocycles. The molecule has 4 nitrogen and oxygen atoms in total. The van der Waals surface area contributed by atoms with E-state index in [4.69, 9.17) is 0 Å². The van der Waals surface area contributed by atoms with Crippen LogP contribution in [-0.4, -0.2) is 25.6 Å². The van der Waals surface area contributed by atoms with Crippen molar-refractivity contribution in [3.8, 4) is 0 Å². The highest BCUT2D eigenvalue weighted by molar-refractivity contribution is 7.99. The number of rotatable bonds is 6. The molecule has 1 aromatic carbocycles. The molecular weight excluding hydrogens is 289 g/mol. The van der Waals surface area contributed by atoms with Gasteiger partial charge in [-0.15, -0.1) is 10.2 Å². The fourth-order valence-corrected chi connectivity index (χ4v) is 3.30. The zero-order chi connectivity index (χ0) is 14.8. The Morgan fingerprint density at radius 3 is 2.81 bits per heavy atom. The van der Waals surface area contributed by atoms with Gasteiger partial charge in [0.1, 0.15) is 11.6 Å². The summed E-state index contributed by atoms with van der Waals surface area (Å²) in [7, 11) is 0. The second-order valence-electron chi connectivity index (χ2n) is 5.21. The quantitative estimate of drug-likeness (QED) is 0.833. The summed E-state index contributed by atoms with van der Waals surface area (Å²) in [6, 6.07) is 6.32. The summed E-state index contributed by atoms with van der Waals surface area (Å²) < 4.78 is 15.7. The molecule has 0 spiro atoms. The second-order valence-corrected chi connectivity index (χ2v) is 6.19. The average molecular weight is 307 g/mol. The van der Waals surface area contributed by atoms with E-state index < -0.39 is 6.10 Å². The maximum Gasteiger partial charge on any atom is 0.191 e. The lowest BCUT2D eigenvalue weighted by Crippen LogP contribution is -2.06. The molecule has 21 heavy (non-hydrogen) atoms. The van der Waals surface area contributed by atoms with Crippen molar-refractivity contribution in [1.82, 2.24) is 14.8 Å². The van der Waals surface area contributed by atoms with Crippen LogP contribution in [0.25, 0.3) is 0 Å². The van der Waals surface area contributed by atoms with Gasteiger partial charge in [0.15, 0.2) is 5.16 Å². The first-order chi connectivity index (χ1) is 10.2. The highest BCUT2D eigenvalue weighted by Gasteiger charge is 2.30. The SMILES string of the molecule is CCn1c(SCC(O)c2ccccc2F)nnc1C1CC1. The van der Waals surface area contributed by atoms with Crippen molar-refractivity contribution in [3.05, 3.63) is 41.5 Å². The van der Waals surface area contributed by atoms with Gasteiger partial charge in [-0.2, -0.15) is 0 Å². The zero-order valence-electron chi connectivity index (χ0n) is 11.9. The van der Waals surface area contributed by atoms with Crippen LogP contribution < -0.4 is 0 Å². The minimum Gasteiger partial charge on any atom is -0.387 e. The predicted octanol–water partition coefficient (Wildman–Crippen LogP) is 3.14. The van der Waals surface area contributed by atoms with Crippen molar-refractivity contribution in [2.45, 2.75) is 43.5 Å². The second kappa shape index (κ2) is 6.15. The molecule has 0 aliphatic heterocycles. The Kier molecular flexibility index (Phi) is 4.26. The maximum absolute atomic E-state index is 13.6. The Bertz CT molecular complexity index is 627. The third kappa shape index (κ3) is 3.11. The smallest absolute Gasteiger partial charge is 0.191 e. The van der Waals surface area contributed by atoms with Crippen LogP contribution in [0.5, 0.6) is 0 Å². The molecule has 1 fully saturated rings. The average Bonchev–Trinajstić information content (AvgIpc) is 3.25. The molecule has 1 saturated carbocycles. The molecule has 1 heterocycles. The highest BCUT2D eigenvalue weighted by Crippen LogP contribution is 2.40. The molecule has 1 unspecified atom stereocenters. The van der Waals surface area contributed by atoms with Crippen molar-refractivity contribution >= 4 is 11.8 Å². The van der Waals surface area contributed by atoms with Crippen molar-refractivity contribution in [2.24, 2.45) is 0 Å². The summed E-state index contributed by atoms with van der Waals surface area (Å²) >= 11 is 1.42. The van der Waals surface area contributed by atoms with Crippen LogP contribution in [0.1, 0.15) is 43.2 Å². The minimum absolute atomic E-state index is 0.329. The van der Waals surface area contributed by atoms with Crippen molar-refractivity contribution in [1.29, 1.82) is 0 Å². The summed E-state index contributed by atoms with van der Waals surface area (Å²) in [4.78, 5) is 0. The molecule has 1 N–H and O–H groups in total. The van der Waals surface area contributed by atoms with Gasteiger partial charge >= 0.3 is 0 Å². The fraction of sp³-hybridized carbons (Fsp3) is 0.467. The molecule has 0 amide bonds. The van der Waals surface area contributed by atoms with Crippen LogP contribution in [0.3, 0.4) is 0 Å². The maximum atomic E-state index is 13.6. The van der Waals surface area contributed by atoms with Gasteiger partial charge in [0, 0.05) is 23.8 Å². The van der Waals surface area contributed by atoms with Crippen molar-refractivity contribution in [2.75, 3.05) is 5.75 Å². The number of hydrogen-bond acceptors (Lipinski definition) is 4. The standard InChI is InChI=1S/C15H18FN3OS/c1-2-19-14(10-7-8-10)17-18-15(19)21-9-13(20)11-5-3-4-6-12(11)16/h3-6,10,13,20H,2,7-9H2,1H3. The van der Waals surface area contributed by atoms with Crippen LogP contribution >= 0.6 is 11.8 Å². The number of aliphatic hydroxyl groups excluding tert-OH is 1. The number of aromatic nitrogens is 3. The lowest BCUT2D eigenvalue weighted by molar-refractivity contribution is 0.199. The van der Waals surface area contributed by atoms with Gasteiger partial charge in [-0.25, -0.2) is 4.39 Å². The van der Waals surface area contributed by atoms with Crippen LogP contribution in [0.4, 0.5) is 4.39 Å². The molecule has 6 heteroatoms. The van der Waals surface area contributed by atoms with Gasteiger partial charge in [-0.1, -0.05) is 30.0 Å². The first-order valence-corrected chi connectivity index (χ1v) is 8.17. The molecule has 1 aliphatic carbocycles. The van der Waals surface area contributed by atoms with Crippen LogP contribution in [0, 0.1) is 5.82 Å². The molecule has 1 atom stereocenters. The topological polar surface area (TPSA) is 50.9 Å². The molecule has 1 aromatic heterocycles. The van der Waals surface area contributed by atoms with Gasteiger partial charge in [-0.3, -0.25) is 0 Å². The Morgan fingerprint density at radius 2 is 2.14 bits per heavy atom. The zero-order valence-corrected chi connectivity index (χ0v) is 12.7. The lowest BCUT2D eigenvalue weighted by Gasteiger charge is -2.12. The summed E-state index contributed by atoms with van der Waals surface area (Å²) in [6.45, 7) is 2.88. The molecule has 0 radical (unpaired) electrons. The molecular formula is C15H18FN3OS. The lowest BCUT2D eigenvalue weighted by atomic mass is 10.1. The largest absolute Gasteiger partial charge is 0.387 e. The van der Waals surface area contributed by atoms with Crippen LogP contribution in [0.2, 0.25) is 0 Å². The molecule has 1 aliphatic rings. The summed E-state index contributed by atoms with van der Waals surface area (Å²) in [5.74, 6) is 1.58. The van der Waals surface area contributed by atoms with E-state index >= 15 is 0 Å². The fourth-order valence-electron chi connectivity index (χ4n) is 2.34. The van der Waals surface area contributed by atoms with E-state index in [1.807, 2.05) is 0 Å².